The van der Waals surface area contributed by atoms with Gasteiger partial charge in [-0.15, -0.1) is 24.9 Å². The summed E-state index contributed by atoms with van der Waals surface area (Å²) in [6, 6.07) is 10.00. The molecule has 0 spiro atoms. The van der Waals surface area contributed by atoms with Crippen LogP contribution in [0.15, 0.2) is 55.6 Å². The Labute approximate surface area is 96.1 Å². The van der Waals surface area contributed by atoms with Crippen LogP contribution in [0.3, 0.4) is 0 Å². The molecule has 0 unspecified atom stereocenters. The summed E-state index contributed by atoms with van der Waals surface area (Å²) < 4.78 is 0. The van der Waals surface area contributed by atoms with E-state index in [0.29, 0.717) is 5.25 Å². The highest BCUT2D eigenvalue weighted by atomic mass is 32.2. The topological polar surface area (TPSA) is 0 Å². The van der Waals surface area contributed by atoms with Crippen LogP contribution in [0.2, 0.25) is 0 Å². The standard InChI is InChI=1S/C14H14S/c1-3-14(4-2)15-12-8-11-13-9-6-5-7-10-13/h3-7,9-10,14H,1-2,12H2. The monoisotopic (exact) mass is 214 g/mol. The van der Waals surface area contributed by atoms with E-state index in [1.165, 1.54) is 0 Å². The Kier molecular flexibility index (Phi) is 5.43. The lowest BCUT2D eigenvalue weighted by atomic mass is 10.2. The van der Waals surface area contributed by atoms with Crippen LogP contribution >= 0.6 is 11.8 Å². The van der Waals surface area contributed by atoms with E-state index in [0.717, 1.165) is 11.3 Å². The minimum absolute atomic E-state index is 0.301. The third-order valence-corrected chi connectivity index (χ3v) is 2.90. The van der Waals surface area contributed by atoms with Gasteiger partial charge in [0, 0.05) is 10.8 Å². The van der Waals surface area contributed by atoms with Gasteiger partial charge in [0.15, 0.2) is 0 Å². The van der Waals surface area contributed by atoms with Crippen molar-refractivity contribution >= 4 is 11.8 Å². The molecule has 1 rings (SSSR count). The Hall–Kier alpha value is -1.39. The molecule has 0 nitrogen and oxygen atoms in total. The molecule has 0 saturated heterocycles. The number of hydrogen-bond donors (Lipinski definition) is 0. The van der Waals surface area contributed by atoms with Gasteiger partial charge in [-0.05, 0) is 12.1 Å². The predicted molar refractivity (Wildman–Crippen MR) is 70.0 cm³/mol. The molecule has 0 saturated carbocycles. The molecule has 76 valence electrons. The van der Waals surface area contributed by atoms with Crippen molar-refractivity contribution in [2.75, 3.05) is 5.75 Å². The van der Waals surface area contributed by atoms with Crippen LogP contribution < -0.4 is 0 Å². The van der Waals surface area contributed by atoms with Gasteiger partial charge in [-0.2, -0.15) is 0 Å². The molecule has 0 aromatic heterocycles. The maximum atomic E-state index is 3.73. The van der Waals surface area contributed by atoms with E-state index >= 15 is 0 Å². The Bertz CT molecular complexity index is 359. The highest BCUT2D eigenvalue weighted by molar-refractivity contribution is 8.00. The van der Waals surface area contributed by atoms with Gasteiger partial charge in [-0.1, -0.05) is 42.2 Å². The molecule has 0 radical (unpaired) electrons. The number of rotatable bonds is 4. The Morgan fingerprint density at radius 1 is 1.20 bits per heavy atom. The lowest BCUT2D eigenvalue weighted by Crippen LogP contribution is -1.91. The van der Waals surface area contributed by atoms with Crippen LogP contribution in [-0.4, -0.2) is 11.0 Å². The lowest BCUT2D eigenvalue weighted by Gasteiger charge is -2.01. The first-order valence-electron chi connectivity index (χ1n) is 4.77. The maximum absolute atomic E-state index is 3.73. The summed E-state index contributed by atoms with van der Waals surface area (Å²) in [5.74, 6) is 7.03. The van der Waals surface area contributed by atoms with Gasteiger partial charge < -0.3 is 0 Å². The summed E-state index contributed by atoms with van der Waals surface area (Å²) in [5, 5.41) is 0.301. The first-order valence-corrected chi connectivity index (χ1v) is 5.82. The smallest absolute Gasteiger partial charge is 0.0560 e. The second-order valence-electron chi connectivity index (χ2n) is 2.91. The van der Waals surface area contributed by atoms with Gasteiger partial charge in [0.2, 0.25) is 0 Å². The number of thioether (sulfide) groups is 1. The zero-order valence-corrected chi connectivity index (χ0v) is 9.46. The molecule has 1 aromatic rings. The summed E-state index contributed by atoms with van der Waals surface area (Å²) >= 11 is 1.73. The average molecular weight is 214 g/mol. The van der Waals surface area contributed by atoms with E-state index in [9.17, 15) is 0 Å². The third-order valence-electron chi connectivity index (χ3n) is 1.82. The van der Waals surface area contributed by atoms with E-state index in [1.54, 1.807) is 11.8 Å². The number of hydrogen-bond acceptors (Lipinski definition) is 1. The van der Waals surface area contributed by atoms with Crippen LogP contribution in [0.25, 0.3) is 0 Å². The van der Waals surface area contributed by atoms with E-state index in [1.807, 2.05) is 42.5 Å². The van der Waals surface area contributed by atoms with Crippen LogP contribution in [0, 0.1) is 11.8 Å². The number of benzene rings is 1. The molecule has 15 heavy (non-hydrogen) atoms. The average Bonchev–Trinajstić information content (AvgIpc) is 2.31. The van der Waals surface area contributed by atoms with Gasteiger partial charge in [0.05, 0.1) is 5.75 Å². The van der Waals surface area contributed by atoms with Crippen LogP contribution in [0.5, 0.6) is 0 Å². The normalized spacial score (nSPS) is 9.13. The van der Waals surface area contributed by atoms with Crippen molar-refractivity contribution < 1.29 is 0 Å². The van der Waals surface area contributed by atoms with Gasteiger partial charge >= 0.3 is 0 Å². The maximum Gasteiger partial charge on any atom is 0.0560 e. The lowest BCUT2D eigenvalue weighted by molar-refractivity contribution is 1.44. The SMILES string of the molecule is C=CC(C=C)SCC#Cc1ccccc1. The summed E-state index contributed by atoms with van der Waals surface area (Å²) in [4.78, 5) is 0. The first kappa shape index (κ1) is 11.7. The summed E-state index contributed by atoms with van der Waals surface area (Å²) in [5.41, 5.74) is 1.06. The quantitative estimate of drug-likeness (QED) is 0.546. The zero-order valence-electron chi connectivity index (χ0n) is 8.65. The van der Waals surface area contributed by atoms with Crippen molar-refractivity contribution in [3.63, 3.8) is 0 Å². The Morgan fingerprint density at radius 2 is 1.87 bits per heavy atom. The van der Waals surface area contributed by atoms with E-state index in [2.05, 4.69) is 25.0 Å². The fourth-order valence-corrected chi connectivity index (χ4v) is 1.65. The molecule has 0 aliphatic carbocycles. The van der Waals surface area contributed by atoms with E-state index < -0.39 is 0 Å². The van der Waals surface area contributed by atoms with Crippen molar-refractivity contribution in [3.8, 4) is 11.8 Å². The third kappa shape index (κ3) is 4.58. The summed E-state index contributed by atoms with van der Waals surface area (Å²) in [6.45, 7) is 7.46. The van der Waals surface area contributed by atoms with Gasteiger partial charge in [-0.3, -0.25) is 0 Å². The predicted octanol–water partition coefficient (Wildman–Crippen LogP) is 3.51. The minimum atomic E-state index is 0.301. The van der Waals surface area contributed by atoms with Gasteiger partial charge in [-0.25, -0.2) is 0 Å². The minimum Gasteiger partial charge on any atom is -0.137 e. The molecule has 0 heterocycles. The van der Waals surface area contributed by atoms with Crippen molar-refractivity contribution in [2.45, 2.75) is 5.25 Å². The molecule has 0 aliphatic heterocycles. The Balaban J connectivity index is 2.41. The van der Waals surface area contributed by atoms with E-state index in [4.69, 9.17) is 0 Å². The van der Waals surface area contributed by atoms with Crippen LogP contribution in [0.1, 0.15) is 5.56 Å². The molecule has 0 amide bonds. The van der Waals surface area contributed by atoms with Crippen molar-refractivity contribution in [1.29, 1.82) is 0 Å². The molecule has 0 fully saturated rings. The fraction of sp³-hybridized carbons (Fsp3) is 0.143. The Morgan fingerprint density at radius 3 is 2.47 bits per heavy atom. The van der Waals surface area contributed by atoms with Crippen molar-refractivity contribution in [1.82, 2.24) is 0 Å². The second-order valence-corrected chi connectivity index (χ2v) is 4.08. The molecule has 0 bridgehead atoms. The molecule has 1 aromatic carbocycles. The molecular formula is C14H14S. The van der Waals surface area contributed by atoms with Gasteiger partial charge in [0.25, 0.3) is 0 Å². The second kappa shape index (κ2) is 6.98. The van der Waals surface area contributed by atoms with Crippen LogP contribution in [-0.2, 0) is 0 Å². The van der Waals surface area contributed by atoms with Gasteiger partial charge in [0.1, 0.15) is 0 Å². The zero-order chi connectivity index (χ0) is 10.9. The molecular weight excluding hydrogens is 200 g/mol. The van der Waals surface area contributed by atoms with Crippen LogP contribution in [0.4, 0.5) is 0 Å². The van der Waals surface area contributed by atoms with Crippen molar-refractivity contribution in [3.05, 3.63) is 61.2 Å². The molecule has 0 atom stereocenters. The molecule has 0 N–H and O–H groups in total. The molecule has 1 heteroatoms. The summed E-state index contributed by atoms with van der Waals surface area (Å²) in [7, 11) is 0. The largest absolute Gasteiger partial charge is 0.137 e. The molecule has 0 aliphatic rings. The highest BCUT2D eigenvalue weighted by Crippen LogP contribution is 2.11. The van der Waals surface area contributed by atoms with E-state index in [-0.39, 0.29) is 0 Å². The van der Waals surface area contributed by atoms with Crippen molar-refractivity contribution in [2.24, 2.45) is 0 Å². The first-order chi connectivity index (χ1) is 7.36. The highest BCUT2D eigenvalue weighted by Gasteiger charge is 1.94. The fourth-order valence-electron chi connectivity index (χ4n) is 1.03. The summed E-state index contributed by atoms with van der Waals surface area (Å²) in [6.07, 6.45) is 3.75.